The van der Waals surface area contributed by atoms with Crippen molar-refractivity contribution in [1.29, 1.82) is 0 Å². The maximum atomic E-state index is 12.2. The third kappa shape index (κ3) is 3.67. The zero-order valence-electron chi connectivity index (χ0n) is 12.4. The molecule has 0 heterocycles. The maximum absolute atomic E-state index is 12.2. The highest BCUT2D eigenvalue weighted by molar-refractivity contribution is 7.89. The molecule has 126 valence electrons. The van der Waals surface area contributed by atoms with Crippen LogP contribution in [0.25, 0.3) is 0 Å². The molecule has 10 heteroatoms. The van der Waals surface area contributed by atoms with Gasteiger partial charge in [0.1, 0.15) is 16.2 Å². The second-order valence-corrected chi connectivity index (χ2v) is 6.17. The van der Waals surface area contributed by atoms with E-state index in [0.29, 0.717) is 0 Å². The SMILES string of the molecule is COc1cc(NC(=O)c2ccccc2[N+](=O)[O-])ccc1S(N)(=O)=O. The maximum Gasteiger partial charge on any atom is 0.282 e. The largest absolute Gasteiger partial charge is 0.495 e. The highest BCUT2D eigenvalue weighted by Gasteiger charge is 2.20. The second kappa shape index (κ2) is 6.64. The number of carbonyl (C=O) groups is 1. The van der Waals surface area contributed by atoms with E-state index in [0.717, 1.165) is 0 Å². The number of nitrogens with two attached hydrogens (primary N) is 1. The van der Waals surface area contributed by atoms with E-state index in [1.54, 1.807) is 0 Å². The summed E-state index contributed by atoms with van der Waals surface area (Å²) in [6, 6.07) is 9.18. The molecule has 9 nitrogen and oxygen atoms in total. The Hall–Kier alpha value is -2.98. The van der Waals surface area contributed by atoms with Gasteiger partial charge >= 0.3 is 0 Å². The van der Waals surface area contributed by atoms with Gasteiger partial charge in [0.2, 0.25) is 10.0 Å². The lowest BCUT2D eigenvalue weighted by Crippen LogP contribution is -2.16. The van der Waals surface area contributed by atoms with Crippen molar-refractivity contribution in [3.8, 4) is 5.75 Å². The van der Waals surface area contributed by atoms with E-state index >= 15 is 0 Å². The van der Waals surface area contributed by atoms with Gasteiger partial charge < -0.3 is 10.1 Å². The minimum atomic E-state index is -3.99. The number of sulfonamides is 1. The van der Waals surface area contributed by atoms with Crippen molar-refractivity contribution < 1.29 is 22.9 Å². The number of anilines is 1. The van der Waals surface area contributed by atoms with E-state index in [4.69, 9.17) is 9.88 Å². The first kappa shape index (κ1) is 17.4. The van der Waals surface area contributed by atoms with Crippen LogP contribution in [-0.2, 0) is 10.0 Å². The molecule has 1 amide bonds. The average Bonchev–Trinajstić information content (AvgIpc) is 2.53. The summed E-state index contributed by atoms with van der Waals surface area (Å²) >= 11 is 0. The lowest BCUT2D eigenvalue weighted by Gasteiger charge is -2.10. The number of ether oxygens (including phenoxy) is 1. The molecule has 0 radical (unpaired) electrons. The molecule has 0 aliphatic rings. The molecule has 0 fully saturated rings. The number of nitrogens with zero attached hydrogens (tertiary/aromatic N) is 1. The monoisotopic (exact) mass is 351 g/mol. The summed E-state index contributed by atoms with van der Waals surface area (Å²) in [5, 5.41) is 18.5. The summed E-state index contributed by atoms with van der Waals surface area (Å²) in [7, 11) is -2.74. The molecule has 2 aromatic rings. The highest BCUT2D eigenvalue weighted by atomic mass is 32.2. The van der Waals surface area contributed by atoms with Crippen LogP contribution in [-0.4, -0.2) is 26.4 Å². The van der Waals surface area contributed by atoms with Crippen molar-refractivity contribution in [2.45, 2.75) is 4.90 Å². The zero-order chi connectivity index (χ0) is 17.9. The number of hydrogen-bond donors (Lipinski definition) is 2. The Bertz CT molecular complexity index is 910. The second-order valence-electron chi connectivity index (χ2n) is 4.64. The van der Waals surface area contributed by atoms with Crippen LogP contribution in [0.2, 0.25) is 0 Å². The average molecular weight is 351 g/mol. The first-order valence-corrected chi connectivity index (χ1v) is 8.04. The minimum Gasteiger partial charge on any atom is -0.495 e. The van der Waals surface area contributed by atoms with Crippen LogP contribution >= 0.6 is 0 Å². The number of rotatable bonds is 5. The Balaban J connectivity index is 2.36. The van der Waals surface area contributed by atoms with Gasteiger partial charge in [-0.1, -0.05) is 12.1 Å². The number of primary sulfonamides is 1. The van der Waals surface area contributed by atoms with E-state index in [1.165, 1.54) is 49.6 Å². The number of hydrogen-bond acceptors (Lipinski definition) is 6. The Morgan fingerprint density at radius 3 is 2.50 bits per heavy atom. The Morgan fingerprint density at radius 2 is 1.92 bits per heavy atom. The molecule has 2 aromatic carbocycles. The number of methoxy groups -OCH3 is 1. The molecule has 0 bridgehead atoms. The minimum absolute atomic E-state index is 0.0575. The van der Waals surface area contributed by atoms with Gasteiger partial charge in [-0.15, -0.1) is 0 Å². The molecule has 0 aliphatic heterocycles. The van der Waals surface area contributed by atoms with Crippen LogP contribution in [0.15, 0.2) is 47.4 Å². The normalized spacial score (nSPS) is 10.9. The number of nitro benzene ring substituents is 1. The van der Waals surface area contributed by atoms with Gasteiger partial charge in [0.05, 0.1) is 12.0 Å². The van der Waals surface area contributed by atoms with Crippen molar-refractivity contribution in [3.05, 3.63) is 58.1 Å². The Kier molecular flexibility index (Phi) is 4.81. The number of carbonyl (C=O) groups excluding carboxylic acids is 1. The van der Waals surface area contributed by atoms with Crippen LogP contribution < -0.4 is 15.2 Å². The first-order chi connectivity index (χ1) is 11.2. The lowest BCUT2D eigenvalue weighted by molar-refractivity contribution is -0.385. The van der Waals surface area contributed by atoms with Crippen molar-refractivity contribution in [2.75, 3.05) is 12.4 Å². The fourth-order valence-electron chi connectivity index (χ4n) is 2.00. The molecule has 0 saturated carbocycles. The standard InChI is InChI=1S/C14H13N3O6S/c1-23-12-8-9(6-7-13(12)24(15,21)22)16-14(18)10-4-2-3-5-11(10)17(19)20/h2-8H,1H3,(H,16,18)(H2,15,21,22). The molecule has 0 aliphatic carbocycles. The molecule has 0 aromatic heterocycles. The van der Waals surface area contributed by atoms with Gasteiger partial charge in [-0.2, -0.15) is 0 Å². The van der Waals surface area contributed by atoms with E-state index in [2.05, 4.69) is 5.32 Å². The quantitative estimate of drug-likeness (QED) is 0.617. The van der Waals surface area contributed by atoms with Gasteiger partial charge in [-0.05, 0) is 18.2 Å². The van der Waals surface area contributed by atoms with Crippen molar-refractivity contribution >= 4 is 27.3 Å². The van der Waals surface area contributed by atoms with Crippen LogP contribution in [0.3, 0.4) is 0 Å². The third-order valence-corrected chi connectivity index (χ3v) is 4.02. The Morgan fingerprint density at radius 1 is 1.25 bits per heavy atom. The molecular weight excluding hydrogens is 338 g/mol. The number of benzene rings is 2. The number of para-hydroxylation sites is 1. The fraction of sp³-hybridized carbons (Fsp3) is 0.0714. The van der Waals surface area contributed by atoms with Crippen LogP contribution in [0.1, 0.15) is 10.4 Å². The topological polar surface area (TPSA) is 142 Å². The summed E-state index contributed by atoms with van der Waals surface area (Å²) < 4.78 is 27.8. The van der Waals surface area contributed by atoms with Crippen molar-refractivity contribution in [3.63, 3.8) is 0 Å². The Labute approximate surface area is 137 Å². The zero-order valence-corrected chi connectivity index (χ0v) is 13.2. The molecule has 0 atom stereocenters. The lowest BCUT2D eigenvalue weighted by atomic mass is 10.1. The molecule has 3 N–H and O–H groups in total. The van der Waals surface area contributed by atoms with Crippen molar-refractivity contribution in [1.82, 2.24) is 0 Å². The molecule has 0 unspecified atom stereocenters. The molecule has 0 saturated heterocycles. The van der Waals surface area contributed by atoms with Gasteiger partial charge in [-0.25, -0.2) is 13.6 Å². The number of nitro groups is 1. The molecule has 24 heavy (non-hydrogen) atoms. The van der Waals surface area contributed by atoms with Gasteiger partial charge in [0, 0.05) is 17.8 Å². The predicted molar refractivity (Wildman–Crippen MR) is 85.4 cm³/mol. The highest BCUT2D eigenvalue weighted by Crippen LogP contribution is 2.27. The van der Waals surface area contributed by atoms with E-state index in [-0.39, 0.29) is 27.6 Å². The number of amides is 1. The molecular formula is C14H13N3O6S. The summed E-state index contributed by atoms with van der Waals surface area (Å²) in [5.41, 5.74) is -0.275. The van der Waals surface area contributed by atoms with Gasteiger partial charge in [-0.3, -0.25) is 14.9 Å². The molecule has 2 rings (SSSR count). The summed E-state index contributed by atoms with van der Waals surface area (Å²) in [6.45, 7) is 0. The van der Waals surface area contributed by atoms with Crippen LogP contribution in [0, 0.1) is 10.1 Å². The first-order valence-electron chi connectivity index (χ1n) is 6.49. The smallest absolute Gasteiger partial charge is 0.282 e. The fourth-order valence-corrected chi connectivity index (χ4v) is 2.68. The third-order valence-electron chi connectivity index (χ3n) is 3.07. The van der Waals surface area contributed by atoms with E-state index in [1.807, 2.05) is 0 Å². The predicted octanol–water partition coefficient (Wildman–Crippen LogP) is 1.50. The van der Waals surface area contributed by atoms with Crippen LogP contribution in [0.5, 0.6) is 5.75 Å². The van der Waals surface area contributed by atoms with Gasteiger partial charge in [0.25, 0.3) is 11.6 Å². The summed E-state index contributed by atoms with van der Waals surface area (Å²) in [4.78, 5) is 22.3. The number of nitrogens with one attached hydrogen (secondary N) is 1. The van der Waals surface area contributed by atoms with Crippen LogP contribution in [0.4, 0.5) is 11.4 Å². The van der Waals surface area contributed by atoms with E-state index < -0.39 is 20.9 Å². The summed E-state index contributed by atoms with van der Waals surface area (Å²) in [5.74, 6) is -0.773. The van der Waals surface area contributed by atoms with Gasteiger partial charge in [0.15, 0.2) is 0 Å². The van der Waals surface area contributed by atoms with E-state index in [9.17, 15) is 23.3 Å². The molecule has 0 spiro atoms. The van der Waals surface area contributed by atoms with Crippen molar-refractivity contribution in [2.24, 2.45) is 5.14 Å². The summed E-state index contributed by atoms with van der Waals surface area (Å²) in [6.07, 6.45) is 0.